The van der Waals surface area contributed by atoms with Crippen LogP contribution in [0.25, 0.3) is 6.08 Å². The Morgan fingerprint density at radius 3 is 3.00 bits per heavy atom. The molecule has 2 atom stereocenters. The molecule has 2 heterocycles. The van der Waals surface area contributed by atoms with Crippen LogP contribution in [0, 0.1) is 10.1 Å². The number of nitro groups is 1. The van der Waals surface area contributed by atoms with Gasteiger partial charge in [0.1, 0.15) is 0 Å². The van der Waals surface area contributed by atoms with Gasteiger partial charge in [-0.3, -0.25) is 19.8 Å². The number of piperidine rings is 1. The summed E-state index contributed by atoms with van der Waals surface area (Å²) >= 11 is 0. The van der Waals surface area contributed by atoms with Gasteiger partial charge in [0.05, 0.1) is 4.92 Å². The lowest BCUT2D eigenvalue weighted by atomic mass is 9.99. The Labute approximate surface area is 135 Å². The van der Waals surface area contributed by atoms with E-state index < -0.39 is 4.92 Å². The van der Waals surface area contributed by atoms with Crippen LogP contribution >= 0.6 is 0 Å². The topological polar surface area (TPSA) is 75.5 Å². The van der Waals surface area contributed by atoms with Gasteiger partial charge in [-0.15, -0.1) is 0 Å². The predicted octanol–water partition coefficient (Wildman–Crippen LogP) is 2.35. The maximum Gasteiger partial charge on any atom is 0.270 e. The van der Waals surface area contributed by atoms with E-state index in [4.69, 9.17) is 0 Å². The van der Waals surface area contributed by atoms with Crippen molar-refractivity contribution in [1.82, 2.24) is 10.2 Å². The van der Waals surface area contributed by atoms with Crippen LogP contribution in [0.15, 0.2) is 30.3 Å². The second-order valence-electron chi connectivity index (χ2n) is 6.19. The molecule has 6 nitrogen and oxygen atoms in total. The van der Waals surface area contributed by atoms with E-state index in [9.17, 15) is 14.9 Å². The molecule has 1 N–H and O–H groups in total. The molecule has 0 spiro atoms. The molecular formula is C17H21N3O3. The second kappa shape index (κ2) is 6.91. The van der Waals surface area contributed by atoms with Crippen LogP contribution in [0.1, 0.15) is 31.2 Å². The number of hydrogen-bond donors (Lipinski definition) is 1. The van der Waals surface area contributed by atoms with Crippen molar-refractivity contribution >= 4 is 17.7 Å². The summed E-state index contributed by atoms with van der Waals surface area (Å²) in [6.07, 6.45) is 7.72. The maximum atomic E-state index is 12.1. The third-order valence-corrected chi connectivity index (χ3v) is 4.69. The van der Waals surface area contributed by atoms with Crippen LogP contribution in [-0.2, 0) is 4.79 Å². The molecule has 1 aromatic carbocycles. The summed E-state index contributed by atoms with van der Waals surface area (Å²) in [5.41, 5.74) is 0.682. The summed E-state index contributed by atoms with van der Waals surface area (Å²) < 4.78 is 0. The minimum Gasteiger partial charge on any atom is -0.348 e. The summed E-state index contributed by atoms with van der Waals surface area (Å²) in [6, 6.07) is 6.95. The molecule has 0 radical (unpaired) electrons. The van der Waals surface area contributed by atoms with Gasteiger partial charge in [0.15, 0.2) is 0 Å². The molecule has 6 heteroatoms. The lowest BCUT2D eigenvalue weighted by Gasteiger charge is -2.32. The van der Waals surface area contributed by atoms with Gasteiger partial charge in [-0.1, -0.05) is 18.6 Å². The smallest absolute Gasteiger partial charge is 0.270 e. The standard InChI is InChI=1S/C17H21N3O3/c21-17(8-7-13-4-3-5-14(12-13)20(22)23)18-15-9-11-19-10-2-1-6-16(15)19/h3-5,7-8,12,15-16H,1-2,6,9-11H2,(H,18,21)/b8-7-/t15-,16-/m1/s1. The molecule has 0 aliphatic carbocycles. The van der Waals surface area contributed by atoms with Crippen molar-refractivity contribution in [3.8, 4) is 0 Å². The lowest BCUT2D eigenvalue weighted by Crippen LogP contribution is -2.46. The summed E-state index contributed by atoms with van der Waals surface area (Å²) in [7, 11) is 0. The number of carbonyl (C=O) groups excluding carboxylic acids is 1. The highest BCUT2D eigenvalue weighted by Gasteiger charge is 2.35. The summed E-state index contributed by atoms with van der Waals surface area (Å²) in [6.45, 7) is 2.20. The van der Waals surface area contributed by atoms with Crippen LogP contribution in [0.5, 0.6) is 0 Å². The Bertz CT molecular complexity index is 629. The van der Waals surface area contributed by atoms with E-state index in [1.807, 2.05) is 0 Å². The van der Waals surface area contributed by atoms with Crippen molar-refractivity contribution in [1.29, 1.82) is 0 Å². The van der Waals surface area contributed by atoms with Crippen molar-refractivity contribution in [2.24, 2.45) is 0 Å². The minimum absolute atomic E-state index is 0.0289. The Hall–Kier alpha value is -2.21. The molecule has 0 saturated carbocycles. The van der Waals surface area contributed by atoms with Gasteiger partial charge in [0, 0.05) is 36.8 Å². The molecule has 1 amide bonds. The molecule has 0 bridgehead atoms. The summed E-state index contributed by atoms with van der Waals surface area (Å²) in [5.74, 6) is -0.131. The van der Waals surface area contributed by atoms with E-state index in [1.165, 1.54) is 31.1 Å². The number of non-ortho nitro benzene ring substituents is 1. The molecule has 2 fully saturated rings. The van der Waals surface area contributed by atoms with E-state index in [2.05, 4.69) is 10.2 Å². The highest BCUT2D eigenvalue weighted by atomic mass is 16.6. The molecule has 0 aromatic heterocycles. The third kappa shape index (κ3) is 3.76. The van der Waals surface area contributed by atoms with E-state index in [1.54, 1.807) is 18.2 Å². The molecular weight excluding hydrogens is 294 g/mol. The largest absolute Gasteiger partial charge is 0.348 e. The number of fused-ring (bicyclic) bond motifs is 1. The number of hydrogen-bond acceptors (Lipinski definition) is 4. The molecule has 122 valence electrons. The van der Waals surface area contributed by atoms with Crippen LogP contribution in [0.4, 0.5) is 5.69 Å². The fourth-order valence-corrected chi connectivity index (χ4v) is 3.56. The molecule has 2 aliphatic rings. The molecule has 2 saturated heterocycles. The zero-order valence-electron chi connectivity index (χ0n) is 13.0. The van der Waals surface area contributed by atoms with Crippen molar-refractivity contribution < 1.29 is 9.72 Å². The van der Waals surface area contributed by atoms with Crippen molar-refractivity contribution in [2.45, 2.75) is 37.8 Å². The fourth-order valence-electron chi connectivity index (χ4n) is 3.56. The molecule has 3 rings (SSSR count). The summed E-state index contributed by atoms with van der Waals surface area (Å²) in [4.78, 5) is 24.9. The second-order valence-corrected chi connectivity index (χ2v) is 6.19. The molecule has 1 aromatic rings. The van der Waals surface area contributed by atoms with E-state index in [-0.39, 0.29) is 17.6 Å². The summed E-state index contributed by atoms with van der Waals surface area (Å²) in [5, 5.41) is 13.8. The van der Waals surface area contributed by atoms with Gasteiger partial charge in [0.2, 0.25) is 5.91 Å². The van der Waals surface area contributed by atoms with Gasteiger partial charge >= 0.3 is 0 Å². The first kappa shape index (κ1) is 15.7. The number of amides is 1. The van der Waals surface area contributed by atoms with Crippen LogP contribution in [-0.4, -0.2) is 40.9 Å². The SMILES string of the molecule is O=C(/C=C\c1cccc([N+](=O)[O-])c1)N[C@@H]1CCN2CCCC[C@H]12. The monoisotopic (exact) mass is 315 g/mol. The number of benzene rings is 1. The lowest BCUT2D eigenvalue weighted by molar-refractivity contribution is -0.384. The first-order chi connectivity index (χ1) is 11.1. The van der Waals surface area contributed by atoms with Gasteiger partial charge < -0.3 is 5.32 Å². The minimum atomic E-state index is -0.437. The zero-order chi connectivity index (χ0) is 16.2. The molecule has 0 unspecified atom stereocenters. The third-order valence-electron chi connectivity index (χ3n) is 4.69. The first-order valence-electron chi connectivity index (χ1n) is 8.10. The first-order valence-corrected chi connectivity index (χ1v) is 8.10. The average Bonchev–Trinajstić information content (AvgIpc) is 2.96. The molecule has 2 aliphatic heterocycles. The highest BCUT2D eigenvalue weighted by Crippen LogP contribution is 2.27. The fraction of sp³-hybridized carbons (Fsp3) is 0.471. The quantitative estimate of drug-likeness (QED) is 0.526. The highest BCUT2D eigenvalue weighted by molar-refractivity contribution is 5.92. The number of rotatable bonds is 4. The number of nitro benzene ring substituents is 1. The van der Waals surface area contributed by atoms with E-state index in [0.29, 0.717) is 11.6 Å². The number of nitrogens with one attached hydrogen (secondary N) is 1. The van der Waals surface area contributed by atoms with Crippen molar-refractivity contribution in [3.05, 3.63) is 46.0 Å². The van der Waals surface area contributed by atoms with Crippen LogP contribution < -0.4 is 5.32 Å². The molecule has 23 heavy (non-hydrogen) atoms. The Morgan fingerprint density at radius 2 is 2.17 bits per heavy atom. The average molecular weight is 315 g/mol. The van der Waals surface area contributed by atoms with Crippen molar-refractivity contribution in [3.63, 3.8) is 0 Å². The zero-order valence-corrected chi connectivity index (χ0v) is 13.0. The maximum absolute atomic E-state index is 12.1. The predicted molar refractivity (Wildman–Crippen MR) is 87.9 cm³/mol. The normalized spacial score (nSPS) is 24.5. The van der Waals surface area contributed by atoms with Crippen LogP contribution in [0.3, 0.4) is 0 Å². The van der Waals surface area contributed by atoms with Gasteiger partial charge in [-0.2, -0.15) is 0 Å². The van der Waals surface area contributed by atoms with Gasteiger partial charge in [-0.25, -0.2) is 0 Å². The van der Waals surface area contributed by atoms with Gasteiger partial charge in [0.25, 0.3) is 5.69 Å². The van der Waals surface area contributed by atoms with E-state index >= 15 is 0 Å². The Kier molecular flexibility index (Phi) is 4.71. The Morgan fingerprint density at radius 1 is 1.30 bits per heavy atom. The number of nitrogens with zero attached hydrogens (tertiary/aromatic N) is 2. The number of carbonyl (C=O) groups is 1. The van der Waals surface area contributed by atoms with E-state index in [0.717, 1.165) is 25.9 Å². The Balaban J connectivity index is 1.59. The van der Waals surface area contributed by atoms with Crippen molar-refractivity contribution in [2.75, 3.05) is 13.1 Å². The van der Waals surface area contributed by atoms with Crippen LogP contribution in [0.2, 0.25) is 0 Å². The van der Waals surface area contributed by atoms with Gasteiger partial charge in [-0.05, 0) is 37.4 Å².